The fourth-order valence-corrected chi connectivity index (χ4v) is 7.09. The monoisotopic (exact) mass is 562 g/mol. The molecule has 44 heavy (non-hydrogen) atoms. The number of benzene rings is 6. The number of hydrogen-bond acceptors (Lipinski definition) is 3. The van der Waals surface area contributed by atoms with Crippen LogP contribution in [0.15, 0.2) is 158 Å². The number of fused-ring (bicyclic) bond motifs is 6. The zero-order valence-electron chi connectivity index (χ0n) is 23.8. The van der Waals surface area contributed by atoms with Gasteiger partial charge in [0.2, 0.25) is 5.95 Å². The van der Waals surface area contributed by atoms with Crippen LogP contribution in [0.2, 0.25) is 0 Å². The minimum atomic E-state index is -0.742. The van der Waals surface area contributed by atoms with Crippen molar-refractivity contribution >= 4 is 21.8 Å². The lowest BCUT2D eigenvalue weighted by atomic mass is 9.71. The molecule has 206 valence electrons. The fraction of sp³-hybridized carbons (Fsp3) is 0.0250. The molecular formula is C40H26N4. The summed E-state index contributed by atoms with van der Waals surface area (Å²) in [4.78, 5) is 16.0. The summed E-state index contributed by atoms with van der Waals surface area (Å²) in [6.07, 6.45) is 0. The Hall–Kier alpha value is -5.87. The molecule has 0 atom stereocenters. The predicted molar refractivity (Wildman–Crippen MR) is 177 cm³/mol. The topological polar surface area (TPSA) is 43.6 Å². The maximum atomic E-state index is 5.47. The van der Waals surface area contributed by atoms with Crippen LogP contribution in [0.25, 0.3) is 50.3 Å². The third kappa shape index (κ3) is 3.42. The Morgan fingerprint density at radius 1 is 0.432 bits per heavy atom. The number of para-hydroxylation sites is 2. The van der Waals surface area contributed by atoms with Crippen LogP contribution < -0.4 is 0 Å². The predicted octanol–water partition coefficient (Wildman–Crippen LogP) is 9.00. The lowest BCUT2D eigenvalue weighted by Crippen LogP contribution is -2.32. The SMILES string of the molecule is c1ccc(-c2nc(-n3c4ccccc4c4ccccc43)nc(C3(c4ccccc4)c4ccccc4-c4ccccc43)n2)cc1. The van der Waals surface area contributed by atoms with Gasteiger partial charge < -0.3 is 0 Å². The van der Waals surface area contributed by atoms with Crippen molar-refractivity contribution in [1.29, 1.82) is 0 Å². The highest BCUT2D eigenvalue weighted by molar-refractivity contribution is 6.09. The molecule has 1 aliphatic rings. The van der Waals surface area contributed by atoms with Gasteiger partial charge in [0, 0.05) is 16.3 Å². The molecule has 4 heteroatoms. The van der Waals surface area contributed by atoms with E-state index in [2.05, 4.69) is 144 Å². The summed E-state index contributed by atoms with van der Waals surface area (Å²) in [5, 5.41) is 2.33. The van der Waals surface area contributed by atoms with Crippen LogP contribution in [0.3, 0.4) is 0 Å². The van der Waals surface area contributed by atoms with Gasteiger partial charge in [0.1, 0.15) is 5.41 Å². The van der Waals surface area contributed by atoms with Crippen molar-refractivity contribution in [3.8, 4) is 28.5 Å². The third-order valence-corrected chi connectivity index (χ3v) is 8.93. The molecule has 0 radical (unpaired) electrons. The van der Waals surface area contributed by atoms with Crippen LogP contribution in [0.1, 0.15) is 22.5 Å². The molecule has 4 nitrogen and oxygen atoms in total. The zero-order chi connectivity index (χ0) is 29.1. The van der Waals surface area contributed by atoms with Crippen LogP contribution in [0.4, 0.5) is 0 Å². The van der Waals surface area contributed by atoms with Crippen molar-refractivity contribution in [2.75, 3.05) is 0 Å². The summed E-state index contributed by atoms with van der Waals surface area (Å²) in [6, 6.07) is 55.2. The van der Waals surface area contributed by atoms with Crippen LogP contribution in [0.5, 0.6) is 0 Å². The van der Waals surface area contributed by atoms with Gasteiger partial charge >= 0.3 is 0 Å². The fourth-order valence-electron chi connectivity index (χ4n) is 7.09. The van der Waals surface area contributed by atoms with Gasteiger partial charge in [0.25, 0.3) is 0 Å². The van der Waals surface area contributed by atoms with Gasteiger partial charge in [0.05, 0.1) is 11.0 Å². The molecule has 1 aliphatic carbocycles. The quantitative estimate of drug-likeness (QED) is 0.215. The van der Waals surface area contributed by atoms with E-state index in [-0.39, 0.29) is 0 Å². The molecule has 0 saturated carbocycles. The summed E-state index contributed by atoms with van der Waals surface area (Å²) in [5.41, 5.74) is 8.19. The Morgan fingerprint density at radius 3 is 1.55 bits per heavy atom. The lowest BCUT2D eigenvalue weighted by Gasteiger charge is -2.32. The molecular weight excluding hydrogens is 536 g/mol. The first-order chi connectivity index (χ1) is 21.8. The maximum Gasteiger partial charge on any atom is 0.238 e. The van der Waals surface area contributed by atoms with E-state index in [1.807, 2.05) is 18.2 Å². The largest absolute Gasteiger partial charge is 0.278 e. The summed E-state index contributed by atoms with van der Waals surface area (Å²) < 4.78 is 2.19. The second-order valence-corrected chi connectivity index (χ2v) is 11.2. The summed E-state index contributed by atoms with van der Waals surface area (Å²) in [7, 11) is 0. The number of rotatable bonds is 4. The van der Waals surface area contributed by atoms with Crippen LogP contribution in [-0.4, -0.2) is 19.5 Å². The van der Waals surface area contributed by atoms with Gasteiger partial charge in [-0.2, -0.15) is 9.97 Å². The minimum absolute atomic E-state index is 0.600. The Bertz CT molecular complexity index is 2240. The smallest absolute Gasteiger partial charge is 0.238 e. The maximum absolute atomic E-state index is 5.47. The molecule has 6 aromatic carbocycles. The van der Waals surface area contributed by atoms with E-state index in [9.17, 15) is 0 Å². The first-order valence-corrected chi connectivity index (χ1v) is 14.9. The number of hydrogen-bond donors (Lipinski definition) is 0. The first kappa shape index (κ1) is 24.7. The normalized spacial score (nSPS) is 13.2. The zero-order valence-corrected chi connectivity index (χ0v) is 23.8. The van der Waals surface area contributed by atoms with Crippen LogP contribution >= 0.6 is 0 Å². The minimum Gasteiger partial charge on any atom is -0.278 e. The van der Waals surface area contributed by atoms with Crippen molar-refractivity contribution in [3.63, 3.8) is 0 Å². The Balaban J connectivity index is 1.45. The second kappa shape index (κ2) is 9.58. The van der Waals surface area contributed by atoms with E-state index in [0.717, 1.165) is 22.2 Å². The Morgan fingerprint density at radius 2 is 0.932 bits per heavy atom. The van der Waals surface area contributed by atoms with Gasteiger partial charge in [-0.3, -0.25) is 4.57 Å². The van der Waals surface area contributed by atoms with Crippen molar-refractivity contribution in [2.45, 2.75) is 5.41 Å². The van der Waals surface area contributed by atoms with E-state index in [1.54, 1.807) is 0 Å². The molecule has 0 bridgehead atoms. The molecule has 0 amide bonds. The van der Waals surface area contributed by atoms with Gasteiger partial charge in [-0.25, -0.2) is 4.98 Å². The van der Waals surface area contributed by atoms with Crippen molar-refractivity contribution in [1.82, 2.24) is 19.5 Å². The number of nitrogens with zero attached hydrogens (tertiary/aromatic N) is 4. The second-order valence-electron chi connectivity index (χ2n) is 11.2. The van der Waals surface area contributed by atoms with Crippen LogP contribution in [-0.2, 0) is 5.41 Å². The van der Waals surface area contributed by atoms with E-state index < -0.39 is 5.41 Å². The average molecular weight is 563 g/mol. The summed E-state index contributed by atoms with van der Waals surface area (Å²) >= 11 is 0. The highest BCUT2D eigenvalue weighted by atomic mass is 15.2. The van der Waals surface area contributed by atoms with E-state index in [0.29, 0.717) is 17.6 Å². The molecule has 0 N–H and O–H groups in total. The van der Waals surface area contributed by atoms with E-state index in [1.165, 1.54) is 33.0 Å². The highest BCUT2D eigenvalue weighted by Gasteiger charge is 2.48. The average Bonchev–Trinajstić information content (AvgIpc) is 3.60. The van der Waals surface area contributed by atoms with E-state index in [4.69, 9.17) is 15.0 Å². The van der Waals surface area contributed by atoms with Crippen molar-refractivity contribution in [3.05, 3.63) is 180 Å². The molecule has 2 heterocycles. The van der Waals surface area contributed by atoms with Gasteiger partial charge in [-0.05, 0) is 39.9 Å². The van der Waals surface area contributed by atoms with Gasteiger partial charge in [-0.15, -0.1) is 0 Å². The van der Waals surface area contributed by atoms with Crippen molar-refractivity contribution < 1.29 is 0 Å². The molecule has 0 unspecified atom stereocenters. The lowest BCUT2D eigenvalue weighted by molar-refractivity contribution is 0.683. The Kier molecular flexibility index (Phi) is 5.38. The van der Waals surface area contributed by atoms with Crippen molar-refractivity contribution in [2.24, 2.45) is 0 Å². The number of aromatic nitrogens is 4. The molecule has 0 fully saturated rings. The highest BCUT2D eigenvalue weighted by Crippen LogP contribution is 2.55. The summed E-state index contributed by atoms with van der Waals surface area (Å²) in [5.74, 6) is 1.94. The molecule has 9 rings (SSSR count). The van der Waals surface area contributed by atoms with Gasteiger partial charge in [-0.1, -0.05) is 146 Å². The molecule has 0 saturated heterocycles. The standard InChI is InChI=1S/C40H26N4/c1-3-15-27(16-4-1)37-41-38(43-39(42-37)44-35-25-13-9-21-31(35)32-22-10-14-26-36(32)44)40(28-17-5-2-6-18-28)33-23-11-7-19-29(33)30-20-8-12-24-34(30)40/h1-26H. The Labute approximate surface area is 255 Å². The van der Waals surface area contributed by atoms with E-state index >= 15 is 0 Å². The van der Waals surface area contributed by atoms with Gasteiger partial charge in [0.15, 0.2) is 11.6 Å². The molecule has 2 aromatic heterocycles. The third-order valence-electron chi connectivity index (χ3n) is 8.93. The molecule has 0 aliphatic heterocycles. The summed E-state index contributed by atoms with van der Waals surface area (Å²) in [6.45, 7) is 0. The molecule has 0 spiro atoms. The molecule has 8 aromatic rings. The first-order valence-electron chi connectivity index (χ1n) is 14.9. The van der Waals surface area contributed by atoms with Crippen LogP contribution in [0, 0.1) is 0 Å².